The molecule has 4 nitrogen and oxygen atoms in total. The normalized spacial score (nSPS) is 18.7. The highest BCUT2D eigenvalue weighted by Crippen LogP contribution is 2.13. The zero-order valence-corrected chi connectivity index (χ0v) is 10.6. The Hall–Kier alpha value is -1.00. The largest absolute Gasteiger partial charge is 0.467 e. The molecular formula is C12H19ClN2O2. The first-order valence-electron chi connectivity index (χ1n) is 5.84. The van der Waals surface area contributed by atoms with Crippen molar-refractivity contribution in [3.8, 4) is 0 Å². The van der Waals surface area contributed by atoms with E-state index < -0.39 is 0 Å². The molecule has 0 aliphatic carbocycles. The fourth-order valence-electron chi connectivity index (χ4n) is 1.98. The predicted octanol–water partition coefficient (Wildman–Crippen LogP) is 1.71. The zero-order chi connectivity index (χ0) is 11.2. The fourth-order valence-corrected chi connectivity index (χ4v) is 1.98. The highest BCUT2D eigenvalue weighted by molar-refractivity contribution is 5.85. The SMILES string of the molecule is Cl.O=C(CCC1CCNC1)NCc1ccco1. The van der Waals surface area contributed by atoms with Gasteiger partial charge in [-0.25, -0.2) is 0 Å². The number of halogens is 1. The number of nitrogens with one attached hydrogen (secondary N) is 2. The minimum absolute atomic E-state index is 0. The molecule has 2 heterocycles. The molecule has 1 aliphatic heterocycles. The molecule has 1 unspecified atom stereocenters. The molecule has 0 bridgehead atoms. The van der Waals surface area contributed by atoms with E-state index in [4.69, 9.17) is 4.42 Å². The lowest BCUT2D eigenvalue weighted by molar-refractivity contribution is -0.121. The van der Waals surface area contributed by atoms with Crippen LogP contribution in [-0.2, 0) is 11.3 Å². The van der Waals surface area contributed by atoms with Gasteiger partial charge in [-0.15, -0.1) is 12.4 Å². The molecule has 5 heteroatoms. The average molecular weight is 259 g/mol. The molecule has 0 spiro atoms. The number of rotatable bonds is 5. The minimum atomic E-state index is 0. The Balaban J connectivity index is 0.00000144. The van der Waals surface area contributed by atoms with E-state index in [1.807, 2.05) is 12.1 Å². The second kappa shape index (κ2) is 7.35. The monoisotopic (exact) mass is 258 g/mol. The third kappa shape index (κ3) is 4.79. The maximum atomic E-state index is 11.5. The van der Waals surface area contributed by atoms with Gasteiger partial charge in [0.15, 0.2) is 0 Å². The number of amides is 1. The first-order valence-corrected chi connectivity index (χ1v) is 5.84. The molecule has 1 saturated heterocycles. The second-order valence-electron chi connectivity index (χ2n) is 4.25. The van der Waals surface area contributed by atoms with Crippen LogP contribution in [0.15, 0.2) is 22.8 Å². The van der Waals surface area contributed by atoms with Gasteiger partial charge in [-0.05, 0) is 44.0 Å². The second-order valence-corrected chi connectivity index (χ2v) is 4.25. The van der Waals surface area contributed by atoms with Crippen molar-refractivity contribution in [3.63, 3.8) is 0 Å². The number of carbonyl (C=O) groups excluding carboxylic acids is 1. The number of hydrogen-bond donors (Lipinski definition) is 2. The van der Waals surface area contributed by atoms with E-state index in [2.05, 4.69) is 10.6 Å². The van der Waals surface area contributed by atoms with E-state index in [1.165, 1.54) is 6.42 Å². The average Bonchev–Trinajstić information content (AvgIpc) is 2.96. The Morgan fingerprint density at radius 3 is 3.12 bits per heavy atom. The first kappa shape index (κ1) is 14.1. The third-order valence-electron chi connectivity index (χ3n) is 2.98. The molecule has 96 valence electrons. The van der Waals surface area contributed by atoms with Gasteiger partial charge in [0.2, 0.25) is 5.91 Å². The van der Waals surface area contributed by atoms with Crippen LogP contribution in [0, 0.1) is 5.92 Å². The summed E-state index contributed by atoms with van der Waals surface area (Å²) in [5.41, 5.74) is 0. The number of hydrogen-bond acceptors (Lipinski definition) is 3. The predicted molar refractivity (Wildman–Crippen MR) is 68.0 cm³/mol. The Kier molecular flexibility index (Phi) is 6.08. The topological polar surface area (TPSA) is 54.3 Å². The summed E-state index contributed by atoms with van der Waals surface area (Å²) in [5.74, 6) is 1.59. The van der Waals surface area contributed by atoms with Gasteiger partial charge in [-0.1, -0.05) is 0 Å². The van der Waals surface area contributed by atoms with Crippen LogP contribution in [0.1, 0.15) is 25.0 Å². The van der Waals surface area contributed by atoms with Crippen molar-refractivity contribution in [1.29, 1.82) is 0 Å². The van der Waals surface area contributed by atoms with Crippen molar-refractivity contribution in [2.24, 2.45) is 5.92 Å². The zero-order valence-electron chi connectivity index (χ0n) is 9.78. The van der Waals surface area contributed by atoms with Crippen LogP contribution in [0.2, 0.25) is 0 Å². The molecule has 1 fully saturated rings. The summed E-state index contributed by atoms with van der Waals surface area (Å²) in [6.45, 7) is 2.65. The van der Waals surface area contributed by atoms with Crippen molar-refractivity contribution in [2.75, 3.05) is 13.1 Å². The van der Waals surface area contributed by atoms with Gasteiger partial charge in [0.1, 0.15) is 5.76 Å². The molecular weight excluding hydrogens is 240 g/mol. The minimum Gasteiger partial charge on any atom is -0.467 e. The van der Waals surface area contributed by atoms with Crippen molar-refractivity contribution < 1.29 is 9.21 Å². The Morgan fingerprint density at radius 2 is 2.47 bits per heavy atom. The van der Waals surface area contributed by atoms with Crippen LogP contribution < -0.4 is 10.6 Å². The van der Waals surface area contributed by atoms with Gasteiger partial charge in [0, 0.05) is 6.42 Å². The highest BCUT2D eigenvalue weighted by atomic mass is 35.5. The summed E-state index contributed by atoms with van der Waals surface area (Å²) < 4.78 is 5.14. The molecule has 1 atom stereocenters. The summed E-state index contributed by atoms with van der Waals surface area (Å²) >= 11 is 0. The molecule has 1 aromatic heterocycles. The number of furan rings is 1. The summed E-state index contributed by atoms with van der Waals surface area (Å²) in [4.78, 5) is 11.5. The molecule has 1 aliphatic rings. The maximum absolute atomic E-state index is 11.5. The molecule has 2 N–H and O–H groups in total. The van der Waals surface area contributed by atoms with Crippen molar-refractivity contribution in [3.05, 3.63) is 24.2 Å². The van der Waals surface area contributed by atoms with Crippen molar-refractivity contribution in [1.82, 2.24) is 10.6 Å². The molecule has 0 saturated carbocycles. The van der Waals surface area contributed by atoms with Crippen LogP contribution in [0.3, 0.4) is 0 Å². The Bertz CT molecular complexity index is 321. The molecule has 17 heavy (non-hydrogen) atoms. The van der Waals surface area contributed by atoms with E-state index in [-0.39, 0.29) is 18.3 Å². The molecule has 2 rings (SSSR count). The standard InChI is InChI=1S/C12H18N2O2.ClH/c15-12(4-3-10-5-6-13-8-10)14-9-11-2-1-7-16-11;/h1-2,7,10,13H,3-6,8-9H2,(H,14,15);1H. The lowest BCUT2D eigenvalue weighted by atomic mass is 10.0. The van der Waals surface area contributed by atoms with Crippen LogP contribution in [0.25, 0.3) is 0 Å². The van der Waals surface area contributed by atoms with E-state index in [0.717, 1.165) is 25.3 Å². The maximum Gasteiger partial charge on any atom is 0.220 e. The van der Waals surface area contributed by atoms with Crippen LogP contribution in [-0.4, -0.2) is 19.0 Å². The van der Waals surface area contributed by atoms with Crippen LogP contribution in [0.5, 0.6) is 0 Å². The summed E-state index contributed by atoms with van der Waals surface area (Å²) in [6.07, 6.45) is 4.42. The highest BCUT2D eigenvalue weighted by Gasteiger charge is 2.15. The lowest BCUT2D eigenvalue weighted by Gasteiger charge is -2.07. The van der Waals surface area contributed by atoms with Gasteiger partial charge in [0.05, 0.1) is 12.8 Å². The van der Waals surface area contributed by atoms with E-state index >= 15 is 0 Å². The van der Waals surface area contributed by atoms with E-state index in [9.17, 15) is 4.79 Å². The summed E-state index contributed by atoms with van der Waals surface area (Å²) in [5, 5.41) is 6.16. The van der Waals surface area contributed by atoms with Crippen LogP contribution in [0.4, 0.5) is 0 Å². The van der Waals surface area contributed by atoms with Gasteiger partial charge in [0.25, 0.3) is 0 Å². The molecule has 1 aromatic rings. The summed E-state index contributed by atoms with van der Waals surface area (Å²) in [7, 11) is 0. The van der Waals surface area contributed by atoms with E-state index in [1.54, 1.807) is 6.26 Å². The van der Waals surface area contributed by atoms with Crippen LogP contribution >= 0.6 is 12.4 Å². The summed E-state index contributed by atoms with van der Waals surface area (Å²) in [6, 6.07) is 3.69. The third-order valence-corrected chi connectivity index (χ3v) is 2.98. The van der Waals surface area contributed by atoms with Gasteiger partial charge in [-0.2, -0.15) is 0 Å². The molecule has 0 radical (unpaired) electrons. The lowest BCUT2D eigenvalue weighted by Crippen LogP contribution is -2.23. The van der Waals surface area contributed by atoms with Gasteiger partial charge < -0.3 is 15.1 Å². The number of carbonyl (C=O) groups is 1. The Morgan fingerprint density at radius 1 is 1.59 bits per heavy atom. The fraction of sp³-hybridized carbons (Fsp3) is 0.583. The van der Waals surface area contributed by atoms with Gasteiger partial charge >= 0.3 is 0 Å². The quantitative estimate of drug-likeness (QED) is 0.845. The smallest absolute Gasteiger partial charge is 0.220 e. The van der Waals surface area contributed by atoms with Crippen molar-refractivity contribution >= 4 is 18.3 Å². The first-order chi connectivity index (χ1) is 7.84. The van der Waals surface area contributed by atoms with E-state index in [0.29, 0.717) is 18.9 Å². The van der Waals surface area contributed by atoms with Crippen molar-refractivity contribution in [2.45, 2.75) is 25.8 Å². The molecule has 0 aromatic carbocycles. The molecule has 1 amide bonds. The van der Waals surface area contributed by atoms with Gasteiger partial charge in [-0.3, -0.25) is 4.79 Å². The Labute approximate surface area is 108 Å².